The second kappa shape index (κ2) is 12.1. The van der Waals surface area contributed by atoms with E-state index in [9.17, 15) is 50.8 Å². The number of aliphatic hydroxyl groups is 7. The summed E-state index contributed by atoms with van der Waals surface area (Å²) in [6, 6.07) is 9.31. The highest BCUT2D eigenvalue weighted by Gasteiger charge is 2.51. The van der Waals surface area contributed by atoms with Gasteiger partial charge in [-0.3, -0.25) is 4.79 Å². The van der Waals surface area contributed by atoms with E-state index in [1.54, 1.807) is 0 Å². The zero-order chi connectivity index (χ0) is 30.3. The van der Waals surface area contributed by atoms with Gasteiger partial charge in [-0.25, -0.2) is 0 Å². The number of benzene rings is 2. The Morgan fingerprint density at radius 3 is 2.05 bits per heavy atom. The predicted octanol–water partition coefficient (Wildman–Crippen LogP) is -2.13. The average molecular weight is 595 g/mol. The molecule has 2 aliphatic rings. The molecule has 0 spiro atoms. The molecule has 3 aromatic rings. The van der Waals surface area contributed by atoms with Crippen LogP contribution in [-0.2, 0) is 14.2 Å². The van der Waals surface area contributed by atoms with Crippen molar-refractivity contribution in [1.82, 2.24) is 0 Å². The van der Waals surface area contributed by atoms with Crippen molar-refractivity contribution in [3.63, 3.8) is 0 Å². The molecule has 2 aromatic carbocycles. The first kappa shape index (κ1) is 30.1. The molecule has 15 heteroatoms. The Balaban J connectivity index is 1.37. The van der Waals surface area contributed by atoms with Crippen LogP contribution in [0, 0.1) is 0 Å². The number of fused-ring (bicyclic) bond motifs is 1. The van der Waals surface area contributed by atoms with Gasteiger partial charge in [0.15, 0.2) is 11.7 Å². The minimum absolute atomic E-state index is 0.00505. The van der Waals surface area contributed by atoms with Gasteiger partial charge in [-0.05, 0) is 24.3 Å². The maximum Gasteiger partial charge on any atom is 0.229 e. The minimum Gasteiger partial charge on any atom is -0.508 e. The Labute approximate surface area is 236 Å². The average Bonchev–Trinajstić information content (AvgIpc) is 2.96. The van der Waals surface area contributed by atoms with Crippen LogP contribution in [0.4, 0.5) is 0 Å². The summed E-state index contributed by atoms with van der Waals surface area (Å²) >= 11 is 0. The van der Waals surface area contributed by atoms with Gasteiger partial charge in [0.25, 0.3) is 0 Å². The van der Waals surface area contributed by atoms with E-state index in [2.05, 4.69) is 0 Å². The van der Waals surface area contributed by atoms with Crippen LogP contribution in [0.25, 0.3) is 22.3 Å². The summed E-state index contributed by atoms with van der Waals surface area (Å²) in [4.78, 5) is 12.7. The number of hydrogen-bond donors (Lipinski definition) is 9. The summed E-state index contributed by atoms with van der Waals surface area (Å²) in [6.45, 7) is -1.51. The molecule has 2 saturated heterocycles. The van der Waals surface area contributed by atoms with E-state index >= 15 is 0 Å². The highest BCUT2D eigenvalue weighted by atomic mass is 16.7. The highest BCUT2D eigenvalue weighted by molar-refractivity contribution is 5.86. The van der Waals surface area contributed by atoms with Crippen LogP contribution in [-0.4, -0.2) is 121 Å². The van der Waals surface area contributed by atoms with Crippen molar-refractivity contribution in [3.8, 4) is 28.6 Å². The zero-order valence-corrected chi connectivity index (χ0v) is 21.7. The van der Waals surface area contributed by atoms with Crippen molar-refractivity contribution in [1.29, 1.82) is 0 Å². The smallest absolute Gasteiger partial charge is 0.229 e. The van der Waals surface area contributed by atoms with Crippen LogP contribution in [0.1, 0.15) is 0 Å². The number of rotatable bonds is 7. The lowest BCUT2D eigenvalue weighted by Gasteiger charge is -2.45. The third kappa shape index (κ3) is 5.67. The van der Waals surface area contributed by atoms with E-state index < -0.39 is 85.8 Å². The molecule has 0 amide bonds. The van der Waals surface area contributed by atoms with Crippen molar-refractivity contribution in [2.24, 2.45) is 0 Å². The lowest BCUT2D eigenvalue weighted by Crippen LogP contribution is -2.65. The van der Waals surface area contributed by atoms with Gasteiger partial charge in [-0.1, -0.05) is 0 Å². The van der Waals surface area contributed by atoms with Gasteiger partial charge in [0, 0.05) is 23.8 Å². The van der Waals surface area contributed by atoms with Crippen molar-refractivity contribution >= 4 is 11.0 Å². The molecule has 3 heterocycles. The second-order valence-electron chi connectivity index (χ2n) is 9.96. The van der Waals surface area contributed by atoms with Gasteiger partial charge in [-0.15, -0.1) is 0 Å². The molecule has 5 rings (SSSR count). The van der Waals surface area contributed by atoms with Gasteiger partial charge in [0.2, 0.25) is 6.29 Å². The van der Waals surface area contributed by atoms with Crippen LogP contribution in [0.3, 0.4) is 0 Å². The first-order valence-corrected chi connectivity index (χ1v) is 12.9. The number of aliphatic hydroxyl groups excluding tert-OH is 7. The number of phenols is 2. The third-order valence-corrected chi connectivity index (χ3v) is 7.15. The Kier molecular flexibility index (Phi) is 8.68. The molecule has 15 nitrogen and oxygen atoms in total. The summed E-state index contributed by atoms with van der Waals surface area (Å²) in [7, 11) is 0. The Hall–Kier alpha value is -3.35. The lowest BCUT2D eigenvalue weighted by molar-refractivity contribution is -0.352. The van der Waals surface area contributed by atoms with Crippen LogP contribution in [0.2, 0.25) is 0 Å². The quantitative estimate of drug-likeness (QED) is 0.142. The van der Waals surface area contributed by atoms with Crippen LogP contribution >= 0.6 is 0 Å². The summed E-state index contributed by atoms with van der Waals surface area (Å²) in [5.41, 5.74) is -0.196. The standard InChI is InChI=1S/C27H30O15/c28-8-17-20(33)21(34)23(36)27(40-17)42-25-18(9-29)41-26(24(37)22(25)35)38-12-5-13(31)19-14(32)7-15(39-16(19)6-12)10-1-3-11(30)4-2-10/h1-7,17-18,20-31,33-37H,8-9H2/t17?,18?,20-,21+,22-,23?,24?,25-,26-,27+/m1/s1. The Bertz CT molecular complexity index is 1440. The fourth-order valence-corrected chi connectivity index (χ4v) is 4.87. The molecule has 42 heavy (non-hydrogen) atoms. The summed E-state index contributed by atoms with van der Waals surface area (Å²) in [5, 5.41) is 91.0. The molecule has 9 N–H and O–H groups in total. The molecule has 2 aliphatic heterocycles. The van der Waals surface area contributed by atoms with Crippen molar-refractivity contribution in [2.75, 3.05) is 13.2 Å². The number of aromatic hydroxyl groups is 2. The number of hydrogen-bond acceptors (Lipinski definition) is 15. The predicted molar refractivity (Wildman–Crippen MR) is 138 cm³/mol. The van der Waals surface area contributed by atoms with E-state index in [1.165, 1.54) is 36.4 Å². The van der Waals surface area contributed by atoms with Crippen molar-refractivity contribution in [2.45, 2.75) is 61.4 Å². The van der Waals surface area contributed by atoms with Crippen LogP contribution < -0.4 is 10.2 Å². The van der Waals surface area contributed by atoms with Gasteiger partial charge in [-0.2, -0.15) is 0 Å². The van der Waals surface area contributed by atoms with Crippen LogP contribution in [0.5, 0.6) is 17.2 Å². The summed E-state index contributed by atoms with van der Waals surface area (Å²) in [5.74, 6) is -0.526. The molecule has 0 saturated carbocycles. The summed E-state index contributed by atoms with van der Waals surface area (Å²) in [6.07, 6.45) is -16.5. The molecular formula is C27H30O15. The number of phenolic OH excluding ortho intramolecular Hbond substituents is 2. The molecule has 10 atom stereocenters. The van der Waals surface area contributed by atoms with E-state index in [0.29, 0.717) is 5.56 Å². The lowest BCUT2D eigenvalue weighted by atomic mass is 9.97. The van der Waals surface area contributed by atoms with Crippen molar-refractivity contribution < 1.29 is 69.3 Å². The monoisotopic (exact) mass is 594 g/mol. The molecule has 0 aliphatic carbocycles. The first-order valence-electron chi connectivity index (χ1n) is 12.9. The summed E-state index contributed by atoms with van der Waals surface area (Å²) < 4.78 is 27.8. The fourth-order valence-electron chi connectivity index (χ4n) is 4.87. The highest BCUT2D eigenvalue weighted by Crippen LogP contribution is 2.34. The molecule has 2 fully saturated rings. The minimum atomic E-state index is -1.84. The molecule has 228 valence electrons. The Morgan fingerprint density at radius 2 is 1.38 bits per heavy atom. The van der Waals surface area contributed by atoms with E-state index in [4.69, 9.17) is 23.4 Å². The third-order valence-electron chi connectivity index (χ3n) is 7.15. The van der Waals surface area contributed by atoms with E-state index in [-0.39, 0.29) is 28.2 Å². The fraction of sp³-hybridized carbons (Fsp3) is 0.444. The van der Waals surface area contributed by atoms with Gasteiger partial charge in [0.05, 0.1) is 13.2 Å². The molecular weight excluding hydrogens is 564 g/mol. The topological polar surface area (TPSA) is 249 Å². The second-order valence-corrected chi connectivity index (χ2v) is 9.96. The Morgan fingerprint density at radius 1 is 0.738 bits per heavy atom. The molecule has 4 unspecified atom stereocenters. The SMILES string of the molecule is O=c1cc(-c2ccc(O)cc2)oc2cc(O[C@@H]3OC(CO)[C@@H](O[C@@H]4OC(CO)[C@@H](O)[C@H](O)C4O)[C@H](O)C3O)cc(O)c12. The van der Waals surface area contributed by atoms with Gasteiger partial charge < -0.3 is 69.3 Å². The van der Waals surface area contributed by atoms with Crippen molar-refractivity contribution in [3.05, 3.63) is 52.7 Å². The maximum absolute atomic E-state index is 12.7. The zero-order valence-electron chi connectivity index (χ0n) is 21.7. The van der Waals surface area contributed by atoms with Crippen LogP contribution in [0.15, 0.2) is 51.7 Å². The van der Waals surface area contributed by atoms with E-state index in [0.717, 1.165) is 6.07 Å². The largest absolute Gasteiger partial charge is 0.508 e. The van der Waals surface area contributed by atoms with Gasteiger partial charge >= 0.3 is 0 Å². The molecule has 1 aromatic heterocycles. The molecule has 0 radical (unpaired) electrons. The van der Waals surface area contributed by atoms with Gasteiger partial charge in [0.1, 0.15) is 82.8 Å². The maximum atomic E-state index is 12.7. The first-order chi connectivity index (χ1) is 20.0. The normalized spacial score (nSPS) is 33.5. The molecule has 0 bridgehead atoms. The van der Waals surface area contributed by atoms with E-state index in [1.807, 2.05) is 0 Å². The number of ether oxygens (including phenoxy) is 4.